The molecule has 1 aromatic heterocycles. The van der Waals surface area contributed by atoms with E-state index in [2.05, 4.69) is 20.9 Å². The van der Waals surface area contributed by atoms with Crippen LogP contribution in [0.2, 0.25) is 0 Å². The third kappa shape index (κ3) is 2.90. The Morgan fingerprint density at radius 1 is 1.22 bits per heavy atom. The van der Waals surface area contributed by atoms with E-state index in [9.17, 15) is 14.3 Å². The summed E-state index contributed by atoms with van der Waals surface area (Å²) in [4.78, 5) is 16.0. The molecule has 1 N–H and O–H groups in total. The Balaban J connectivity index is 2.33. The van der Waals surface area contributed by atoms with Gasteiger partial charge in [0.2, 0.25) is 0 Å². The lowest BCUT2D eigenvalue weighted by Crippen LogP contribution is -2.01. The fraction of sp³-hybridized carbons (Fsp3) is 0.0588. The number of hydrogen-bond acceptors (Lipinski definition) is 3. The summed E-state index contributed by atoms with van der Waals surface area (Å²) in [5.74, 6) is -1.10. The van der Waals surface area contributed by atoms with Gasteiger partial charge in [0.15, 0.2) is 0 Å². The van der Waals surface area contributed by atoms with Gasteiger partial charge >= 0.3 is 5.97 Å². The largest absolute Gasteiger partial charge is 0.496 e. The SMILES string of the molecule is COc1ccc(F)cc1-c1cc(C(=O)O)c2cc(Br)ccc2n1. The summed E-state index contributed by atoms with van der Waals surface area (Å²) in [5, 5.41) is 9.98. The fourth-order valence-electron chi connectivity index (χ4n) is 2.39. The second-order valence-electron chi connectivity index (χ2n) is 4.87. The lowest BCUT2D eigenvalue weighted by molar-refractivity contribution is 0.0699. The molecule has 4 nitrogen and oxygen atoms in total. The van der Waals surface area contributed by atoms with Crippen molar-refractivity contribution in [1.29, 1.82) is 0 Å². The summed E-state index contributed by atoms with van der Waals surface area (Å²) in [7, 11) is 1.47. The van der Waals surface area contributed by atoms with Crippen molar-refractivity contribution in [2.45, 2.75) is 0 Å². The first-order valence-electron chi connectivity index (χ1n) is 6.67. The van der Waals surface area contributed by atoms with Crippen molar-refractivity contribution in [2.75, 3.05) is 7.11 Å². The van der Waals surface area contributed by atoms with Crippen molar-refractivity contribution in [3.8, 4) is 17.0 Å². The van der Waals surface area contributed by atoms with Crippen LogP contribution in [0.4, 0.5) is 4.39 Å². The third-order valence-electron chi connectivity index (χ3n) is 3.44. The van der Waals surface area contributed by atoms with Crippen LogP contribution in [-0.2, 0) is 0 Å². The van der Waals surface area contributed by atoms with Crippen LogP contribution in [0.15, 0.2) is 46.9 Å². The fourth-order valence-corrected chi connectivity index (χ4v) is 2.75. The minimum absolute atomic E-state index is 0.0950. The maximum absolute atomic E-state index is 13.6. The predicted molar refractivity (Wildman–Crippen MR) is 88.3 cm³/mol. The van der Waals surface area contributed by atoms with Gasteiger partial charge in [-0.15, -0.1) is 0 Å². The van der Waals surface area contributed by atoms with E-state index in [0.717, 1.165) is 4.47 Å². The van der Waals surface area contributed by atoms with Crippen molar-refractivity contribution < 1.29 is 19.0 Å². The quantitative estimate of drug-likeness (QED) is 0.731. The third-order valence-corrected chi connectivity index (χ3v) is 3.93. The van der Waals surface area contributed by atoms with Gasteiger partial charge in [0, 0.05) is 15.4 Å². The first-order chi connectivity index (χ1) is 11.0. The molecule has 3 aromatic rings. The second kappa shape index (κ2) is 5.96. The van der Waals surface area contributed by atoms with Gasteiger partial charge in [-0.05, 0) is 42.5 Å². The zero-order valence-corrected chi connectivity index (χ0v) is 13.6. The van der Waals surface area contributed by atoms with E-state index in [1.807, 2.05) is 0 Å². The molecule has 2 aromatic carbocycles. The Hall–Kier alpha value is -2.47. The lowest BCUT2D eigenvalue weighted by atomic mass is 10.0. The Morgan fingerprint density at radius 3 is 2.70 bits per heavy atom. The van der Waals surface area contributed by atoms with Crippen molar-refractivity contribution >= 4 is 32.8 Å². The standard InChI is InChI=1S/C17H11BrFNO3/c1-23-16-5-3-10(19)7-13(16)15-8-12(17(21)22)11-6-9(18)2-4-14(11)20-15/h2-8H,1H3,(H,21,22). The molecule has 0 amide bonds. The number of pyridine rings is 1. The first kappa shape index (κ1) is 15.4. The van der Waals surface area contributed by atoms with Gasteiger partial charge in [-0.2, -0.15) is 0 Å². The summed E-state index contributed by atoms with van der Waals surface area (Å²) in [6.07, 6.45) is 0. The van der Waals surface area contributed by atoms with Crippen LogP contribution < -0.4 is 4.74 Å². The molecule has 0 spiro atoms. The molecule has 0 unspecified atom stereocenters. The van der Waals surface area contributed by atoms with Gasteiger partial charge in [0.05, 0.1) is 23.9 Å². The maximum Gasteiger partial charge on any atom is 0.336 e. The number of carboxylic acids is 1. The van der Waals surface area contributed by atoms with E-state index in [-0.39, 0.29) is 5.56 Å². The number of benzene rings is 2. The molecule has 0 aliphatic rings. The topological polar surface area (TPSA) is 59.4 Å². The number of aromatic carboxylic acids is 1. The van der Waals surface area contributed by atoms with E-state index >= 15 is 0 Å². The summed E-state index contributed by atoms with van der Waals surface area (Å²) in [6, 6.07) is 10.6. The van der Waals surface area contributed by atoms with Gasteiger partial charge in [0.1, 0.15) is 11.6 Å². The molecule has 1 heterocycles. The van der Waals surface area contributed by atoms with E-state index in [0.29, 0.717) is 27.9 Å². The summed E-state index contributed by atoms with van der Waals surface area (Å²) in [5.41, 5.74) is 1.35. The molecule has 6 heteroatoms. The molecule has 0 radical (unpaired) electrons. The zero-order valence-electron chi connectivity index (χ0n) is 12.0. The van der Waals surface area contributed by atoms with Gasteiger partial charge in [-0.3, -0.25) is 0 Å². The molecule has 0 saturated carbocycles. The van der Waals surface area contributed by atoms with Crippen molar-refractivity contribution in [1.82, 2.24) is 4.98 Å². The molecule has 0 bridgehead atoms. The minimum atomic E-state index is -1.08. The number of carboxylic acid groups (broad SMARTS) is 1. The molecule has 0 aliphatic heterocycles. The normalized spacial score (nSPS) is 10.7. The number of fused-ring (bicyclic) bond motifs is 1. The highest BCUT2D eigenvalue weighted by atomic mass is 79.9. The molecule has 116 valence electrons. The number of methoxy groups -OCH3 is 1. The van der Waals surface area contributed by atoms with Gasteiger partial charge in [0.25, 0.3) is 0 Å². The molecule has 0 atom stereocenters. The number of ether oxygens (including phenoxy) is 1. The van der Waals surface area contributed by atoms with Crippen molar-refractivity contribution in [2.24, 2.45) is 0 Å². The first-order valence-corrected chi connectivity index (χ1v) is 7.46. The van der Waals surface area contributed by atoms with E-state index in [1.54, 1.807) is 18.2 Å². The Labute approximate surface area is 139 Å². The molecule has 0 saturated heterocycles. The summed E-state index contributed by atoms with van der Waals surface area (Å²) < 4.78 is 19.6. The van der Waals surface area contributed by atoms with Crippen LogP contribution in [0.3, 0.4) is 0 Å². The highest BCUT2D eigenvalue weighted by Crippen LogP contribution is 2.32. The zero-order chi connectivity index (χ0) is 16.6. The van der Waals surface area contributed by atoms with Crippen LogP contribution in [0.5, 0.6) is 5.75 Å². The van der Waals surface area contributed by atoms with Crippen LogP contribution in [0.25, 0.3) is 22.2 Å². The lowest BCUT2D eigenvalue weighted by Gasteiger charge is -2.11. The highest BCUT2D eigenvalue weighted by Gasteiger charge is 2.16. The van der Waals surface area contributed by atoms with Crippen molar-refractivity contribution in [3.63, 3.8) is 0 Å². The number of nitrogens with zero attached hydrogens (tertiary/aromatic N) is 1. The summed E-state index contributed by atoms with van der Waals surface area (Å²) in [6.45, 7) is 0. The molecular weight excluding hydrogens is 365 g/mol. The van der Waals surface area contributed by atoms with E-state index in [4.69, 9.17) is 4.74 Å². The van der Waals surface area contributed by atoms with Gasteiger partial charge < -0.3 is 9.84 Å². The van der Waals surface area contributed by atoms with Crippen molar-refractivity contribution in [3.05, 3.63) is 58.3 Å². The van der Waals surface area contributed by atoms with Gasteiger partial charge in [-0.25, -0.2) is 14.2 Å². The number of halogens is 2. The Morgan fingerprint density at radius 2 is 2.00 bits per heavy atom. The monoisotopic (exact) mass is 375 g/mol. The van der Waals surface area contributed by atoms with Crippen LogP contribution >= 0.6 is 15.9 Å². The van der Waals surface area contributed by atoms with E-state index in [1.165, 1.54) is 31.4 Å². The Bertz CT molecular complexity index is 927. The van der Waals surface area contributed by atoms with E-state index < -0.39 is 11.8 Å². The highest BCUT2D eigenvalue weighted by molar-refractivity contribution is 9.10. The number of aromatic nitrogens is 1. The smallest absolute Gasteiger partial charge is 0.336 e. The number of carbonyl (C=O) groups is 1. The van der Waals surface area contributed by atoms with Crippen LogP contribution in [0.1, 0.15) is 10.4 Å². The molecular formula is C17H11BrFNO3. The Kier molecular flexibility index (Phi) is 4.00. The number of hydrogen-bond donors (Lipinski definition) is 1. The molecule has 23 heavy (non-hydrogen) atoms. The molecule has 0 aliphatic carbocycles. The van der Waals surface area contributed by atoms with Gasteiger partial charge in [-0.1, -0.05) is 15.9 Å². The molecule has 3 rings (SSSR count). The summed E-state index contributed by atoms with van der Waals surface area (Å²) >= 11 is 3.32. The maximum atomic E-state index is 13.6. The predicted octanol–water partition coefficient (Wildman–Crippen LogP) is 4.51. The van der Waals surface area contributed by atoms with Crippen LogP contribution in [-0.4, -0.2) is 23.2 Å². The minimum Gasteiger partial charge on any atom is -0.496 e. The second-order valence-corrected chi connectivity index (χ2v) is 5.78. The average molecular weight is 376 g/mol. The average Bonchev–Trinajstić information content (AvgIpc) is 2.53. The molecule has 0 fully saturated rings. The number of rotatable bonds is 3. The van der Waals surface area contributed by atoms with Crippen LogP contribution in [0, 0.1) is 5.82 Å².